The normalized spacial score (nSPS) is 22.6. The Morgan fingerprint density at radius 1 is 1.35 bits per heavy atom. The van der Waals surface area contributed by atoms with Gasteiger partial charge in [-0.3, -0.25) is 4.99 Å². The maximum atomic E-state index is 14.3. The highest BCUT2D eigenvalue weighted by molar-refractivity contribution is 5.81. The van der Waals surface area contributed by atoms with Crippen molar-refractivity contribution >= 4 is 5.96 Å². The van der Waals surface area contributed by atoms with Crippen LogP contribution in [0, 0.1) is 24.5 Å². The first-order valence-corrected chi connectivity index (χ1v) is 6.79. The van der Waals surface area contributed by atoms with Crippen molar-refractivity contribution in [2.75, 3.05) is 13.1 Å². The van der Waals surface area contributed by atoms with E-state index in [-0.39, 0.29) is 0 Å². The first-order chi connectivity index (χ1) is 9.25. The van der Waals surface area contributed by atoms with Crippen molar-refractivity contribution in [3.63, 3.8) is 0 Å². The van der Waals surface area contributed by atoms with Gasteiger partial charge in [-0.05, 0) is 37.5 Å². The fourth-order valence-electron chi connectivity index (χ4n) is 2.61. The largest absolute Gasteiger partial charge is 0.370 e. The molecule has 1 atom stereocenters. The minimum Gasteiger partial charge on any atom is -0.370 e. The molecule has 110 valence electrons. The molecule has 1 aliphatic heterocycles. The van der Waals surface area contributed by atoms with E-state index in [9.17, 15) is 8.78 Å². The Kier molecular flexibility index (Phi) is 3.71. The third kappa shape index (κ3) is 2.37. The Bertz CT molecular complexity index is 554. The molecule has 2 rings (SSSR count). The van der Waals surface area contributed by atoms with Crippen molar-refractivity contribution in [2.45, 2.75) is 33.2 Å². The second-order valence-electron chi connectivity index (χ2n) is 6.03. The van der Waals surface area contributed by atoms with Gasteiger partial charge in [0, 0.05) is 12.1 Å². The number of aliphatic imine (C=N–C) groups is 1. The Balaban J connectivity index is 2.47. The topological polar surface area (TPSA) is 41.6 Å². The smallest absolute Gasteiger partial charge is 0.192 e. The van der Waals surface area contributed by atoms with E-state index in [0.29, 0.717) is 36.1 Å². The number of nitrogens with zero attached hydrogens (tertiary/aromatic N) is 2. The summed E-state index contributed by atoms with van der Waals surface area (Å²) in [5.74, 6) is -0.0798. The van der Waals surface area contributed by atoms with Gasteiger partial charge in [-0.25, -0.2) is 8.78 Å². The van der Waals surface area contributed by atoms with E-state index >= 15 is 0 Å². The fourth-order valence-corrected chi connectivity index (χ4v) is 2.61. The molecule has 0 aromatic heterocycles. The molecule has 0 bridgehead atoms. The monoisotopic (exact) mass is 281 g/mol. The summed E-state index contributed by atoms with van der Waals surface area (Å²) in [5.41, 5.74) is 5.80. The molecule has 1 aromatic rings. The molecule has 0 aliphatic carbocycles. The van der Waals surface area contributed by atoms with Gasteiger partial charge in [0.2, 0.25) is 0 Å². The summed E-state index contributed by atoms with van der Waals surface area (Å²) in [6, 6.07) is 2.50. The SMILES string of the molecule is Cc1cc(F)c(C2(C)CN=C(N)N2CC(C)C)cc1F. The average molecular weight is 281 g/mol. The van der Waals surface area contributed by atoms with Crippen molar-refractivity contribution < 1.29 is 8.78 Å². The number of hydrogen-bond donors (Lipinski definition) is 1. The number of halogens is 2. The number of aryl methyl sites for hydroxylation is 1. The van der Waals surface area contributed by atoms with Crippen LogP contribution >= 0.6 is 0 Å². The molecule has 0 amide bonds. The predicted molar refractivity (Wildman–Crippen MR) is 76.5 cm³/mol. The molecule has 0 saturated heterocycles. The minimum absolute atomic E-state index is 0.303. The molecule has 2 N–H and O–H groups in total. The molecule has 3 nitrogen and oxygen atoms in total. The molecule has 1 aliphatic rings. The van der Waals surface area contributed by atoms with Crippen molar-refractivity contribution in [2.24, 2.45) is 16.6 Å². The van der Waals surface area contributed by atoms with Crippen molar-refractivity contribution in [3.05, 3.63) is 34.9 Å². The van der Waals surface area contributed by atoms with Gasteiger partial charge in [-0.15, -0.1) is 0 Å². The van der Waals surface area contributed by atoms with Crippen LogP contribution in [-0.4, -0.2) is 23.9 Å². The Labute approximate surface area is 118 Å². The molecule has 1 aromatic carbocycles. The van der Waals surface area contributed by atoms with Crippen molar-refractivity contribution in [1.29, 1.82) is 0 Å². The van der Waals surface area contributed by atoms with Crippen molar-refractivity contribution in [3.8, 4) is 0 Å². The van der Waals surface area contributed by atoms with Crippen LogP contribution in [0.3, 0.4) is 0 Å². The Morgan fingerprint density at radius 2 is 2.00 bits per heavy atom. The highest BCUT2D eigenvalue weighted by atomic mass is 19.1. The third-order valence-corrected chi connectivity index (χ3v) is 3.80. The lowest BCUT2D eigenvalue weighted by molar-refractivity contribution is 0.198. The van der Waals surface area contributed by atoms with E-state index in [4.69, 9.17) is 5.73 Å². The molecule has 0 fully saturated rings. The van der Waals surface area contributed by atoms with E-state index in [1.165, 1.54) is 12.1 Å². The maximum Gasteiger partial charge on any atom is 0.192 e. The zero-order valence-corrected chi connectivity index (χ0v) is 12.4. The van der Waals surface area contributed by atoms with Gasteiger partial charge in [0.1, 0.15) is 11.6 Å². The van der Waals surface area contributed by atoms with Crippen LogP contribution in [0.4, 0.5) is 8.78 Å². The summed E-state index contributed by atoms with van der Waals surface area (Å²) in [6.07, 6.45) is 0. The summed E-state index contributed by atoms with van der Waals surface area (Å²) in [6.45, 7) is 8.50. The second-order valence-corrected chi connectivity index (χ2v) is 6.03. The Morgan fingerprint density at radius 3 is 2.60 bits per heavy atom. The van der Waals surface area contributed by atoms with Crippen LogP contribution in [0.1, 0.15) is 31.9 Å². The average Bonchev–Trinajstić information content (AvgIpc) is 2.62. The number of guanidine groups is 1. The molecule has 5 heteroatoms. The van der Waals surface area contributed by atoms with Gasteiger partial charge < -0.3 is 10.6 Å². The fraction of sp³-hybridized carbons (Fsp3) is 0.533. The van der Waals surface area contributed by atoms with Crippen LogP contribution in [0.2, 0.25) is 0 Å². The molecule has 0 saturated carbocycles. The van der Waals surface area contributed by atoms with E-state index in [1.54, 1.807) is 6.92 Å². The van der Waals surface area contributed by atoms with Crippen LogP contribution < -0.4 is 5.73 Å². The first kappa shape index (κ1) is 14.8. The van der Waals surface area contributed by atoms with Gasteiger partial charge in [0.15, 0.2) is 5.96 Å². The molecule has 0 spiro atoms. The van der Waals surface area contributed by atoms with Gasteiger partial charge in [0.25, 0.3) is 0 Å². The summed E-state index contributed by atoms with van der Waals surface area (Å²) in [4.78, 5) is 6.09. The van der Waals surface area contributed by atoms with Gasteiger partial charge in [-0.2, -0.15) is 0 Å². The predicted octanol–water partition coefficient (Wildman–Crippen LogP) is 2.77. The zero-order chi connectivity index (χ0) is 15.1. The maximum absolute atomic E-state index is 14.3. The molecule has 1 heterocycles. The number of rotatable bonds is 3. The summed E-state index contributed by atoms with van der Waals surface area (Å²) >= 11 is 0. The van der Waals surface area contributed by atoms with E-state index in [0.717, 1.165) is 0 Å². The summed E-state index contributed by atoms with van der Waals surface area (Å²) in [7, 11) is 0. The first-order valence-electron chi connectivity index (χ1n) is 6.79. The zero-order valence-electron chi connectivity index (χ0n) is 12.4. The highest BCUT2D eigenvalue weighted by Crippen LogP contribution is 2.35. The number of nitrogens with two attached hydrogens (primary N) is 1. The Hall–Kier alpha value is -1.65. The lowest BCUT2D eigenvalue weighted by atomic mass is 9.89. The van der Waals surface area contributed by atoms with Crippen LogP contribution in [0.25, 0.3) is 0 Å². The molecule has 1 unspecified atom stereocenters. The standard InChI is InChI=1S/C15H21F2N3/c1-9(2)7-20-14(18)19-8-15(20,4)11-6-12(16)10(3)5-13(11)17/h5-6,9H,7-8H2,1-4H3,(H2,18,19). The van der Waals surface area contributed by atoms with Crippen LogP contribution in [0.5, 0.6) is 0 Å². The lowest BCUT2D eigenvalue weighted by Crippen LogP contribution is -2.49. The molecular formula is C15H21F2N3. The van der Waals surface area contributed by atoms with Crippen molar-refractivity contribution in [1.82, 2.24) is 4.90 Å². The van der Waals surface area contributed by atoms with Gasteiger partial charge in [0.05, 0.1) is 12.1 Å². The van der Waals surface area contributed by atoms with E-state index < -0.39 is 17.2 Å². The van der Waals surface area contributed by atoms with Crippen LogP contribution in [0.15, 0.2) is 17.1 Å². The van der Waals surface area contributed by atoms with Gasteiger partial charge >= 0.3 is 0 Å². The minimum atomic E-state index is -0.729. The summed E-state index contributed by atoms with van der Waals surface area (Å²) in [5, 5.41) is 0. The number of benzene rings is 1. The second kappa shape index (κ2) is 5.04. The van der Waals surface area contributed by atoms with E-state index in [2.05, 4.69) is 18.8 Å². The van der Waals surface area contributed by atoms with Crippen LogP contribution in [-0.2, 0) is 5.54 Å². The lowest BCUT2D eigenvalue weighted by Gasteiger charge is -2.38. The third-order valence-electron chi connectivity index (χ3n) is 3.80. The van der Waals surface area contributed by atoms with Gasteiger partial charge in [-0.1, -0.05) is 13.8 Å². The van der Waals surface area contributed by atoms with E-state index in [1.807, 2.05) is 11.8 Å². The molecule has 0 radical (unpaired) electrons. The molecule has 20 heavy (non-hydrogen) atoms. The quantitative estimate of drug-likeness (QED) is 0.925. The highest BCUT2D eigenvalue weighted by Gasteiger charge is 2.41. The molecular weight excluding hydrogens is 260 g/mol. The summed E-state index contributed by atoms with van der Waals surface area (Å²) < 4.78 is 28.1. The number of hydrogen-bond acceptors (Lipinski definition) is 3.